The molecule has 132 valence electrons. The minimum atomic E-state index is -0.252. The van der Waals surface area contributed by atoms with E-state index in [1.807, 2.05) is 18.2 Å². The van der Waals surface area contributed by atoms with Crippen LogP contribution in [0.2, 0.25) is 0 Å². The Morgan fingerprint density at radius 1 is 0.920 bits per heavy atom. The molecule has 3 rings (SSSR count). The predicted molar refractivity (Wildman–Crippen MR) is 105 cm³/mol. The van der Waals surface area contributed by atoms with Crippen molar-refractivity contribution in [2.45, 2.75) is 0 Å². The first kappa shape index (κ1) is 18.6. The Morgan fingerprint density at radius 3 is 2.20 bits per heavy atom. The van der Waals surface area contributed by atoms with Crippen molar-refractivity contribution < 1.29 is 9.59 Å². The van der Waals surface area contributed by atoms with Gasteiger partial charge in [0.25, 0.3) is 11.8 Å². The SMILES string of the molecule is O=C1c2cccc3c(Br)ccc(c23)C(=O)N1CCN(CCCl)CCCl. The van der Waals surface area contributed by atoms with Gasteiger partial charge in [-0.05, 0) is 23.6 Å². The molecule has 1 aliphatic heterocycles. The summed E-state index contributed by atoms with van der Waals surface area (Å²) >= 11 is 15.1. The molecule has 0 N–H and O–H groups in total. The van der Waals surface area contributed by atoms with E-state index in [0.717, 1.165) is 15.2 Å². The number of carbonyl (C=O) groups is 2. The highest BCUT2D eigenvalue weighted by atomic mass is 79.9. The van der Waals surface area contributed by atoms with Crippen LogP contribution < -0.4 is 0 Å². The molecule has 0 spiro atoms. The third-order valence-corrected chi connectivity index (χ3v) is 5.41. The van der Waals surface area contributed by atoms with Crippen LogP contribution in [-0.4, -0.2) is 59.6 Å². The molecule has 0 aromatic heterocycles. The molecule has 0 saturated carbocycles. The Balaban J connectivity index is 1.91. The number of carbonyl (C=O) groups excluding carboxylic acids is 2. The molecule has 1 aliphatic rings. The van der Waals surface area contributed by atoms with Crippen molar-refractivity contribution in [3.63, 3.8) is 0 Å². The maximum absolute atomic E-state index is 12.9. The summed E-state index contributed by atoms with van der Waals surface area (Å²) in [7, 11) is 0. The molecule has 0 fully saturated rings. The number of halogens is 3. The quantitative estimate of drug-likeness (QED) is 0.480. The smallest absolute Gasteiger partial charge is 0.261 e. The molecule has 0 aliphatic carbocycles. The molecular formula is C18H17BrCl2N2O2. The first-order valence-corrected chi connectivity index (χ1v) is 9.86. The monoisotopic (exact) mass is 442 g/mol. The van der Waals surface area contributed by atoms with E-state index in [4.69, 9.17) is 23.2 Å². The van der Waals surface area contributed by atoms with E-state index in [9.17, 15) is 9.59 Å². The topological polar surface area (TPSA) is 40.6 Å². The molecular weight excluding hydrogens is 427 g/mol. The Kier molecular flexibility index (Phi) is 6.00. The van der Waals surface area contributed by atoms with Crippen molar-refractivity contribution in [1.82, 2.24) is 9.80 Å². The van der Waals surface area contributed by atoms with Crippen LogP contribution in [0, 0.1) is 0 Å². The van der Waals surface area contributed by atoms with Crippen LogP contribution in [0.3, 0.4) is 0 Å². The largest absolute Gasteiger partial charge is 0.299 e. The molecule has 7 heteroatoms. The zero-order valence-corrected chi connectivity index (χ0v) is 16.6. The third kappa shape index (κ3) is 3.56. The number of hydrogen-bond donors (Lipinski definition) is 0. The molecule has 4 nitrogen and oxygen atoms in total. The molecule has 1 heterocycles. The van der Waals surface area contributed by atoms with Crippen molar-refractivity contribution in [3.05, 3.63) is 45.9 Å². The molecule has 2 aromatic rings. The lowest BCUT2D eigenvalue weighted by molar-refractivity contribution is 0.0595. The van der Waals surface area contributed by atoms with E-state index < -0.39 is 0 Å². The number of nitrogens with zero attached hydrogens (tertiary/aromatic N) is 2. The van der Waals surface area contributed by atoms with Gasteiger partial charge in [0.05, 0.1) is 0 Å². The highest BCUT2D eigenvalue weighted by molar-refractivity contribution is 9.10. The Bertz CT molecular complexity index is 800. The average Bonchev–Trinajstić information content (AvgIpc) is 2.61. The van der Waals surface area contributed by atoms with Crippen molar-refractivity contribution in [3.8, 4) is 0 Å². The number of amides is 2. The molecule has 2 amide bonds. The van der Waals surface area contributed by atoms with Gasteiger partial charge in [0.15, 0.2) is 0 Å². The van der Waals surface area contributed by atoms with Gasteiger partial charge in [-0.1, -0.05) is 28.1 Å². The maximum atomic E-state index is 12.9. The van der Waals surface area contributed by atoms with Gasteiger partial charge in [-0.15, -0.1) is 23.2 Å². The van der Waals surface area contributed by atoms with Crippen LogP contribution in [0.4, 0.5) is 0 Å². The lowest BCUT2D eigenvalue weighted by Gasteiger charge is -2.29. The fourth-order valence-corrected chi connectivity index (χ4v) is 4.07. The second-order valence-corrected chi connectivity index (χ2v) is 7.41. The summed E-state index contributed by atoms with van der Waals surface area (Å²) in [6, 6.07) is 9.14. The van der Waals surface area contributed by atoms with E-state index in [2.05, 4.69) is 20.8 Å². The normalized spacial score (nSPS) is 14.0. The van der Waals surface area contributed by atoms with Crippen molar-refractivity contribution in [2.75, 3.05) is 37.9 Å². The third-order valence-electron chi connectivity index (χ3n) is 4.38. The van der Waals surface area contributed by atoms with E-state index in [0.29, 0.717) is 49.1 Å². The summed E-state index contributed by atoms with van der Waals surface area (Å²) in [5.41, 5.74) is 1.13. The summed E-state index contributed by atoms with van der Waals surface area (Å²) in [6.07, 6.45) is 0. The summed E-state index contributed by atoms with van der Waals surface area (Å²) < 4.78 is 0.873. The fourth-order valence-electron chi connectivity index (χ4n) is 3.13. The van der Waals surface area contributed by atoms with Crippen LogP contribution in [0.25, 0.3) is 10.8 Å². The number of alkyl halides is 2. The van der Waals surface area contributed by atoms with Crippen LogP contribution in [0.15, 0.2) is 34.8 Å². The first-order valence-electron chi connectivity index (χ1n) is 8.00. The highest BCUT2D eigenvalue weighted by Gasteiger charge is 2.33. The second kappa shape index (κ2) is 8.04. The molecule has 2 aromatic carbocycles. The Morgan fingerprint density at radius 2 is 1.56 bits per heavy atom. The minimum Gasteiger partial charge on any atom is -0.299 e. The summed E-state index contributed by atoms with van der Waals surface area (Å²) in [5.74, 6) is 0.458. The molecule has 0 bridgehead atoms. The van der Waals surface area contributed by atoms with Crippen molar-refractivity contribution >= 4 is 61.7 Å². The van der Waals surface area contributed by atoms with Gasteiger partial charge in [-0.3, -0.25) is 19.4 Å². The second-order valence-electron chi connectivity index (χ2n) is 5.80. The van der Waals surface area contributed by atoms with E-state index in [1.54, 1.807) is 12.1 Å². The van der Waals surface area contributed by atoms with Gasteiger partial charge in [0.1, 0.15) is 0 Å². The predicted octanol–water partition coefficient (Wildman–Crippen LogP) is 3.98. The minimum absolute atomic E-state index is 0.252. The van der Waals surface area contributed by atoms with Gasteiger partial charge >= 0.3 is 0 Å². The number of benzene rings is 2. The number of hydrogen-bond acceptors (Lipinski definition) is 3. The zero-order chi connectivity index (χ0) is 18.0. The lowest BCUT2D eigenvalue weighted by Crippen LogP contribution is -2.45. The van der Waals surface area contributed by atoms with E-state index >= 15 is 0 Å². The molecule has 0 saturated heterocycles. The van der Waals surface area contributed by atoms with Crippen molar-refractivity contribution in [1.29, 1.82) is 0 Å². The van der Waals surface area contributed by atoms with Crippen LogP contribution in [-0.2, 0) is 0 Å². The first-order chi connectivity index (χ1) is 12.1. The van der Waals surface area contributed by atoms with Crippen LogP contribution >= 0.6 is 39.1 Å². The van der Waals surface area contributed by atoms with Gasteiger partial charge in [0, 0.05) is 58.9 Å². The summed E-state index contributed by atoms with van der Waals surface area (Å²) in [4.78, 5) is 29.1. The highest BCUT2D eigenvalue weighted by Crippen LogP contribution is 2.34. The Hall–Kier alpha value is -1.14. The van der Waals surface area contributed by atoms with Crippen LogP contribution in [0.5, 0.6) is 0 Å². The average molecular weight is 444 g/mol. The number of imide groups is 1. The van der Waals surface area contributed by atoms with Gasteiger partial charge in [-0.2, -0.15) is 0 Å². The standard InChI is InChI=1S/C18H17BrCl2N2O2/c19-15-5-4-14-16-12(15)2-1-3-13(16)17(24)23(18(14)25)11-10-22(8-6-20)9-7-21/h1-5H,6-11H2. The molecule has 0 unspecified atom stereocenters. The van der Waals surface area contributed by atoms with E-state index in [-0.39, 0.29) is 11.8 Å². The van der Waals surface area contributed by atoms with E-state index in [1.165, 1.54) is 4.90 Å². The Labute approximate surface area is 164 Å². The lowest BCUT2D eigenvalue weighted by atomic mass is 9.94. The van der Waals surface area contributed by atoms with Crippen molar-refractivity contribution in [2.24, 2.45) is 0 Å². The van der Waals surface area contributed by atoms with Gasteiger partial charge in [0.2, 0.25) is 0 Å². The van der Waals surface area contributed by atoms with Crippen LogP contribution in [0.1, 0.15) is 20.7 Å². The maximum Gasteiger partial charge on any atom is 0.261 e. The molecule has 25 heavy (non-hydrogen) atoms. The van der Waals surface area contributed by atoms with Gasteiger partial charge < -0.3 is 0 Å². The zero-order valence-electron chi connectivity index (χ0n) is 13.5. The van der Waals surface area contributed by atoms with Gasteiger partial charge in [-0.25, -0.2) is 0 Å². The number of rotatable bonds is 7. The fraction of sp³-hybridized carbons (Fsp3) is 0.333. The summed E-state index contributed by atoms with van der Waals surface area (Å²) in [6.45, 7) is 2.21. The summed E-state index contributed by atoms with van der Waals surface area (Å²) in [5, 5.41) is 1.60. The molecule has 0 radical (unpaired) electrons. The molecule has 0 atom stereocenters.